The maximum atomic E-state index is 12.0. The molecule has 0 aliphatic heterocycles. The minimum Gasteiger partial charge on any atom is -0.417 e. The van der Waals surface area contributed by atoms with Crippen molar-refractivity contribution in [3.8, 4) is 0 Å². The first-order valence-corrected chi connectivity index (χ1v) is 5.74. The average molecular weight is 379 g/mol. The van der Waals surface area contributed by atoms with E-state index < -0.39 is 21.5 Å². The SMILES string of the molecule is C[Si](C)OC[C@H](N=[N+]=[N-])C(F)F.[CH3-].[CH3-].[CH3-].[Ce+3]. The van der Waals surface area contributed by atoms with Gasteiger partial charge in [0, 0.05) is 11.5 Å². The van der Waals surface area contributed by atoms with E-state index in [0.29, 0.717) is 0 Å². The molecule has 0 N–H and O–H groups in total. The van der Waals surface area contributed by atoms with Crippen LogP contribution in [0.4, 0.5) is 8.78 Å². The van der Waals surface area contributed by atoms with Gasteiger partial charge in [-0.05, 0) is 18.6 Å². The maximum Gasteiger partial charge on any atom is 3.00 e. The van der Waals surface area contributed by atoms with E-state index >= 15 is 0 Å². The number of hydrogen-bond acceptors (Lipinski definition) is 2. The normalized spacial score (nSPS) is 9.88. The van der Waals surface area contributed by atoms with Gasteiger partial charge in [0.05, 0.1) is 0 Å². The van der Waals surface area contributed by atoms with Crippen molar-refractivity contribution in [3.63, 3.8) is 0 Å². The second-order valence-corrected chi connectivity index (χ2v) is 4.43. The Bertz CT molecular complexity index is 181. The summed E-state index contributed by atoms with van der Waals surface area (Å²) in [5.41, 5.74) is 7.93. The summed E-state index contributed by atoms with van der Waals surface area (Å²) in [5.74, 6) is 0. The number of rotatable bonds is 5. The van der Waals surface area contributed by atoms with E-state index in [4.69, 9.17) is 9.96 Å². The Morgan fingerprint density at radius 3 is 2.00 bits per heavy atom. The molecule has 8 heteroatoms. The summed E-state index contributed by atoms with van der Waals surface area (Å²) in [7, 11) is -0.997. The van der Waals surface area contributed by atoms with Crippen molar-refractivity contribution in [1.82, 2.24) is 0 Å². The van der Waals surface area contributed by atoms with Crippen LogP contribution in [0.3, 0.4) is 0 Å². The van der Waals surface area contributed by atoms with E-state index in [9.17, 15) is 8.78 Å². The van der Waals surface area contributed by atoms with Crippen LogP contribution in [0, 0.1) is 64.0 Å². The van der Waals surface area contributed by atoms with Crippen LogP contribution in [0.15, 0.2) is 5.11 Å². The summed E-state index contributed by atoms with van der Waals surface area (Å²) < 4.78 is 29.0. The summed E-state index contributed by atoms with van der Waals surface area (Å²) in [6.07, 6.45) is -2.65. The molecule has 0 fully saturated rings. The Morgan fingerprint density at radius 1 is 1.31 bits per heavy atom. The van der Waals surface area contributed by atoms with E-state index in [1.807, 2.05) is 13.1 Å². The smallest absolute Gasteiger partial charge is 0.417 e. The zero-order valence-corrected chi connectivity index (χ0v) is 14.5. The van der Waals surface area contributed by atoms with Crippen LogP contribution >= 0.6 is 0 Å². The van der Waals surface area contributed by atoms with Crippen LogP contribution in [0.25, 0.3) is 10.4 Å². The molecule has 0 spiro atoms. The van der Waals surface area contributed by atoms with Crippen molar-refractivity contribution in [2.75, 3.05) is 6.61 Å². The fraction of sp³-hybridized carbons (Fsp3) is 0.625. The van der Waals surface area contributed by atoms with Crippen LogP contribution in [0.2, 0.25) is 13.1 Å². The van der Waals surface area contributed by atoms with Crippen LogP contribution < -0.4 is 0 Å². The summed E-state index contributed by atoms with van der Waals surface area (Å²) >= 11 is 0. The van der Waals surface area contributed by atoms with Gasteiger partial charge in [0.1, 0.15) is 6.04 Å². The van der Waals surface area contributed by atoms with Crippen molar-refractivity contribution in [1.29, 1.82) is 0 Å². The summed E-state index contributed by atoms with van der Waals surface area (Å²) in [6.45, 7) is 3.45. The molecule has 0 saturated carbocycles. The summed E-state index contributed by atoms with van der Waals surface area (Å²) in [4.78, 5) is 2.31. The Morgan fingerprint density at radius 2 is 1.75 bits per heavy atom. The van der Waals surface area contributed by atoms with E-state index in [-0.39, 0.29) is 70.6 Å². The number of halogens is 2. The molecule has 0 aromatic heterocycles. The molecule has 4 nitrogen and oxygen atoms in total. The molecule has 0 bridgehead atoms. The molecule has 2 radical (unpaired) electrons. The molecule has 0 aliphatic carbocycles. The summed E-state index contributed by atoms with van der Waals surface area (Å²) in [6, 6.07) is -1.35. The van der Waals surface area contributed by atoms with Crippen molar-refractivity contribution < 1.29 is 55.0 Å². The van der Waals surface area contributed by atoms with Gasteiger partial charge in [0.15, 0.2) is 0 Å². The third-order valence-corrected chi connectivity index (χ3v) is 1.78. The Hall–Kier alpha value is 0.724. The molecule has 0 rings (SSSR count). The minimum atomic E-state index is -2.65. The second kappa shape index (κ2) is 18.1. The van der Waals surface area contributed by atoms with E-state index in [0.717, 1.165) is 0 Å². The van der Waals surface area contributed by atoms with Crippen LogP contribution in [0.1, 0.15) is 0 Å². The topological polar surface area (TPSA) is 58.0 Å². The fourth-order valence-electron chi connectivity index (χ4n) is 0.475. The molecule has 94 valence electrons. The molecular formula is C8H19CeF2N3OSi. The molecule has 0 heterocycles. The Labute approximate surface area is 133 Å². The zero-order chi connectivity index (χ0) is 9.56. The number of alkyl halides is 2. The maximum absolute atomic E-state index is 12.0. The van der Waals surface area contributed by atoms with Gasteiger partial charge in [-0.15, -0.1) is 0 Å². The first kappa shape index (κ1) is 30.1. The van der Waals surface area contributed by atoms with Crippen LogP contribution in [-0.4, -0.2) is 28.1 Å². The molecule has 0 aromatic rings. The van der Waals surface area contributed by atoms with Gasteiger partial charge < -0.3 is 26.7 Å². The van der Waals surface area contributed by atoms with Gasteiger partial charge in [0.2, 0.25) is 15.5 Å². The number of nitrogens with zero attached hydrogens (tertiary/aromatic N) is 3. The third-order valence-electron chi connectivity index (χ3n) is 1.03. The largest absolute Gasteiger partial charge is 3.00 e. The molecule has 1 atom stereocenters. The standard InChI is InChI=1S/C5H10F2N3OSi.3CH3.Ce/c1-12(2)11-3-4(5(6)7)9-10-8;;;;/h4-5H,3H2,1-2H3;3*1H3;/q;3*-1;+3/t4-;;;;/m0..../s1. The second-order valence-electron chi connectivity index (χ2n) is 2.33. The zero-order valence-electron chi connectivity index (χ0n) is 10.4. The van der Waals surface area contributed by atoms with Gasteiger partial charge in [-0.25, -0.2) is 8.78 Å². The quantitative estimate of drug-likeness (QED) is 0.237. The van der Waals surface area contributed by atoms with Gasteiger partial charge in [0.25, 0.3) is 0 Å². The fourth-order valence-corrected chi connectivity index (χ4v) is 0.979. The predicted octanol–water partition coefficient (Wildman–Crippen LogP) is 3.55. The monoisotopic (exact) mass is 379 g/mol. The van der Waals surface area contributed by atoms with E-state index in [2.05, 4.69) is 10.0 Å². The Kier molecular flexibility index (Phi) is 34.0. The molecule has 16 heavy (non-hydrogen) atoms. The molecule has 0 aromatic carbocycles. The van der Waals surface area contributed by atoms with E-state index in [1.54, 1.807) is 0 Å². The number of hydrogen-bond donors (Lipinski definition) is 0. The van der Waals surface area contributed by atoms with Gasteiger partial charge in [-0.1, -0.05) is 5.11 Å². The van der Waals surface area contributed by atoms with Crippen molar-refractivity contribution in [3.05, 3.63) is 32.7 Å². The van der Waals surface area contributed by atoms with Crippen molar-refractivity contribution in [2.45, 2.75) is 25.6 Å². The van der Waals surface area contributed by atoms with Gasteiger partial charge in [-0.3, -0.25) is 0 Å². The minimum absolute atomic E-state index is 0. The van der Waals surface area contributed by atoms with Gasteiger partial charge >= 0.3 is 41.7 Å². The first-order chi connectivity index (χ1) is 5.57. The van der Waals surface area contributed by atoms with Crippen LogP contribution in [0.5, 0.6) is 0 Å². The Balaban J connectivity index is -0.000000101. The van der Waals surface area contributed by atoms with Crippen molar-refractivity contribution >= 4 is 9.04 Å². The molecule has 0 saturated heterocycles. The van der Waals surface area contributed by atoms with E-state index in [1.165, 1.54) is 0 Å². The number of azide groups is 1. The molecule has 0 unspecified atom stereocenters. The van der Waals surface area contributed by atoms with Crippen LogP contribution in [-0.2, 0) is 4.43 Å². The average Bonchev–Trinajstić information content (AvgIpc) is 1.96. The summed E-state index contributed by atoms with van der Waals surface area (Å²) in [5, 5.41) is 2.92. The molecule has 0 aliphatic rings. The molecular weight excluding hydrogens is 360 g/mol. The third kappa shape index (κ3) is 17.1. The molecule has 0 amide bonds. The van der Waals surface area contributed by atoms with Gasteiger partial charge in [-0.2, -0.15) is 0 Å². The first-order valence-electron chi connectivity index (χ1n) is 3.33. The predicted molar refractivity (Wildman–Crippen MR) is 61.6 cm³/mol. The van der Waals surface area contributed by atoms with Crippen molar-refractivity contribution in [2.24, 2.45) is 5.11 Å².